The summed E-state index contributed by atoms with van der Waals surface area (Å²) in [5.41, 5.74) is 7.37. The Morgan fingerprint density at radius 3 is 2.65 bits per heavy atom. The maximum absolute atomic E-state index is 13.0. The van der Waals surface area contributed by atoms with Gasteiger partial charge in [0.15, 0.2) is 0 Å². The number of hydrogen-bond donors (Lipinski definition) is 0. The molecule has 0 aromatic carbocycles. The molecule has 0 saturated carbocycles. The predicted octanol–water partition coefficient (Wildman–Crippen LogP) is 2.57. The number of fused-ring (bicyclic) bond motifs is 1. The van der Waals surface area contributed by atoms with Gasteiger partial charge in [0.2, 0.25) is 11.8 Å². The smallest absolute Gasteiger partial charge is 0.223 e. The second-order valence-corrected chi connectivity index (χ2v) is 8.24. The summed E-state index contributed by atoms with van der Waals surface area (Å²) >= 11 is 0. The minimum absolute atomic E-state index is 0.171. The highest BCUT2D eigenvalue weighted by Crippen LogP contribution is 2.24. The molecule has 164 valence electrons. The quantitative estimate of drug-likeness (QED) is 0.610. The highest BCUT2D eigenvalue weighted by molar-refractivity contribution is 5.77. The van der Waals surface area contributed by atoms with Crippen molar-refractivity contribution < 1.29 is 9.53 Å². The van der Waals surface area contributed by atoms with Gasteiger partial charge < -0.3 is 9.64 Å². The van der Waals surface area contributed by atoms with Crippen LogP contribution in [0.15, 0.2) is 18.2 Å². The van der Waals surface area contributed by atoms with Crippen molar-refractivity contribution in [3.8, 4) is 5.88 Å². The van der Waals surface area contributed by atoms with Gasteiger partial charge in [-0.05, 0) is 38.8 Å². The number of hydrogen-bond acceptors (Lipinski definition) is 5. The zero-order chi connectivity index (χ0) is 22.1. The number of ether oxygens (including phenoxy) is 1. The Bertz CT molecular complexity index is 1110. The van der Waals surface area contributed by atoms with Gasteiger partial charge in [-0.25, -0.2) is 4.98 Å². The average molecular weight is 423 g/mol. The van der Waals surface area contributed by atoms with E-state index in [1.54, 1.807) is 0 Å². The zero-order valence-electron chi connectivity index (χ0n) is 19.0. The summed E-state index contributed by atoms with van der Waals surface area (Å²) in [5, 5.41) is 9.12. The largest absolute Gasteiger partial charge is 0.471 e. The molecule has 4 heterocycles. The number of pyridine rings is 1. The fourth-order valence-corrected chi connectivity index (χ4v) is 4.31. The molecule has 1 amide bonds. The first-order chi connectivity index (χ1) is 14.8. The maximum atomic E-state index is 13.0. The van der Waals surface area contributed by atoms with E-state index in [-0.39, 0.29) is 5.91 Å². The second-order valence-electron chi connectivity index (χ2n) is 8.24. The first-order valence-electron chi connectivity index (χ1n) is 10.7. The van der Waals surface area contributed by atoms with E-state index in [0.717, 1.165) is 47.7 Å². The molecule has 31 heavy (non-hydrogen) atoms. The second kappa shape index (κ2) is 8.53. The molecule has 0 aliphatic carbocycles. The summed E-state index contributed by atoms with van der Waals surface area (Å²) in [5.74, 6) is 0.759. The van der Waals surface area contributed by atoms with Gasteiger partial charge in [0, 0.05) is 68.7 Å². The van der Waals surface area contributed by atoms with E-state index in [0.29, 0.717) is 25.5 Å². The Kier molecular flexibility index (Phi) is 5.80. The third kappa shape index (κ3) is 4.33. The number of carbonyl (C=O) groups excluding carboxylic acids is 1. The molecule has 1 aliphatic rings. The van der Waals surface area contributed by atoms with Gasteiger partial charge in [-0.2, -0.15) is 10.2 Å². The molecule has 0 unspecified atom stereocenters. The number of nitrogens with zero attached hydrogens (tertiary/aromatic N) is 6. The van der Waals surface area contributed by atoms with E-state index >= 15 is 0 Å². The highest BCUT2D eigenvalue weighted by Gasteiger charge is 2.27. The van der Waals surface area contributed by atoms with E-state index in [1.165, 1.54) is 11.3 Å². The third-order valence-electron chi connectivity index (χ3n) is 6.15. The number of aryl methyl sites for hydroxylation is 4. The van der Waals surface area contributed by atoms with Crippen LogP contribution in [0.25, 0.3) is 0 Å². The van der Waals surface area contributed by atoms with Gasteiger partial charge in [0.05, 0.1) is 5.69 Å². The Hall–Kier alpha value is -3.16. The number of aromatic nitrogens is 5. The van der Waals surface area contributed by atoms with E-state index in [1.807, 2.05) is 60.4 Å². The van der Waals surface area contributed by atoms with E-state index in [9.17, 15) is 4.79 Å². The van der Waals surface area contributed by atoms with Crippen molar-refractivity contribution in [2.24, 2.45) is 14.1 Å². The van der Waals surface area contributed by atoms with Gasteiger partial charge in [-0.15, -0.1) is 0 Å². The zero-order valence-corrected chi connectivity index (χ0v) is 19.0. The fourth-order valence-electron chi connectivity index (χ4n) is 4.31. The van der Waals surface area contributed by atoms with Crippen molar-refractivity contribution in [2.75, 3.05) is 6.54 Å². The van der Waals surface area contributed by atoms with Crippen LogP contribution in [-0.4, -0.2) is 41.9 Å². The van der Waals surface area contributed by atoms with Crippen LogP contribution < -0.4 is 4.74 Å². The fraction of sp³-hybridized carbons (Fsp3) is 0.478. The van der Waals surface area contributed by atoms with Crippen LogP contribution in [0.5, 0.6) is 5.88 Å². The molecular formula is C23H30N6O2. The molecule has 8 heteroatoms. The van der Waals surface area contributed by atoms with Crippen LogP contribution in [0.2, 0.25) is 0 Å². The summed E-state index contributed by atoms with van der Waals surface area (Å²) in [6.07, 6.45) is 2.01. The van der Waals surface area contributed by atoms with Gasteiger partial charge in [0.25, 0.3) is 0 Å². The topological polar surface area (TPSA) is 78.1 Å². The van der Waals surface area contributed by atoms with Crippen LogP contribution >= 0.6 is 0 Å². The Morgan fingerprint density at radius 2 is 1.94 bits per heavy atom. The minimum Gasteiger partial charge on any atom is -0.471 e. The molecule has 3 aromatic rings. The molecule has 0 atom stereocenters. The van der Waals surface area contributed by atoms with Crippen LogP contribution in [-0.2, 0) is 44.9 Å². The summed E-state index contributed by atoms with van der Waals surface area (Å²) in [7, 11) is 3.90. The van der Waals surface area contributed by atoms with Crippen molar-refractivity contribution in [1.29, 1.82) is 0 Å². The lowest BCUT2D eigenvalue weighted by molar-refractivity contribution is -0.132. The van der Waals surface area contributed by atoms with Crippen LogP contribution in [0.1, 0.15) is 46.0 Å². The monoisotopic (exact) mass is 422 g/mol. The van der Waals surface area contributed by atoms with Crippen molar-refractivity contribution in [3.63, 3.8) is 0 Å². The molecule has 0 bridgehead atoms. The SMILES string of the molecule is Cc1cccc(OCc2nn(C)c3c2CN(C(=O)CCc2c(C)nn(C)c2C)CC3)n1. The van der Waals surface area contributed by atoms with Crippen LogP contribution in [0, 0.1) is 20.8 Å². The molecular weight excluding hydrogens is 392 g/mol. The van der Waals surface area contributed by atoms with Crippen molar-refractivity contribution in [1.82, 2.24) is 29.4 Å². The minimum atomic E-state index is 0.171. The first-order valence-corrected chi connectivity index (χ1v) is 10.7. The Balaban J connectivity index is 1.43. The number of amides is 1. The number of carbonyl (C=O) groups is 1. The Labute approximate surface area is 182 Å². The molecule has 0 spiro atoms. The Morgan fingerprint density at radius 1 is 1.13 bits per heavy atom. The molecule has 0 fully saturated rings. The van der Waals surface area contributed by atoms with Crippen LogP contribution in [0.4, 0.5) is 0 Å². The molecule has 0 radical (unpaired) electrons. The van der Waals surface area contributed by atoms with Crippen molar-refractivity contribution in [2.45, 2.75) is 53.2 Å². The summed E-state index contributed by atoms with van der Waals surface area (Å²) in [6, 6.07) is 5.71. The van der Waals surface area contributed by atoms with Gasteiger partial charge in [-0.3, -0.25) is 14.2 Å². The molecule has 0 N–H and O–H groups in total. The third-order valence-corrected chi connectivity index (χ3v) is 6.15. The van der Waals surface area contributed by atoms with Gasteiger partial charge in [-0.1, -0.05) is 6.07 Å². The average Bonchev–Trinajstić information content (AvgIpc) is 3.19. The highest BCUT2D eigenvalue weighted by atomic mass is 16.5. The normalized spacial score (nSPS) is 13.4. The lowest BCUT2D eigenvalue weighted by atomic mass is 10.0. The molecule has 4 rings (SSSR count). The van der Waals surface area contributed by atoms with E-state index in [4.69, 9.17) is 4.74 Å². The molecule has 3 aromatic heterocycles. The summed E-state index contributed by atoms with van der Waals surface area (Å²) in [4.78, 5) is 19.3. The molecule has 1 aliphatic heterocycles. The standard InChI is InChI=1S/C23H30N6O2/c1-15-7-6-8-22(24-15)31-14-20-19-13-29(12-11-21(19)28(5)26-20)23(30)10-9-18-16(2)25-27(4)17(18)3/h6-8H,9-14H2,1-5H3. The number of rotatable bonds is 6. The van der Waals surface area contributed by atoms with E-state index in [2.05, 4.69) is 22.1 Å². The van der Waals surface area contributed by atoms with Crippen molar-refractivity contribution in [3.05, 3.63) is 57.8 Å². The van der Waals surface area contributed by atoms with Gasteiger partial charge in [0.1, 0.15) is 12.3 Å². The predicted molar refractivity (Wildman–Crippen MR) is 117 cm³/mol. The summed E-state index contributed by atoms with van der Waals surface area (Å²) < 4.78 is 9.68. The maximum Gasteiger partial charge on any atom is 0.223 e. The lowest BCUT2D eigenvalue weighted by Crippen LogP contribution is -2.36. The van der Waals surface area contributed by atoms with Crippen LogP contribution in [0.3, 0.4) is 0 Å². The lowest BCUT2D eigenvalue weighted by Gasteiger charge is -2.28. The molecule has 0 saturated heterocycles. The summed E-state index contributed by atoms with van der Waals surface area (Å²) in [6.45, 7) is 7.63. The van der Waals surface area contributed by atoms with Crippen molar-refractivity contribution >= 4 is 5.91 Å². The first kappa shape index (κ1) is 21.1. The van der Waals surface area contributed by atoms with E-state index < -0.39 is 0 Å². The molecule has 8 nitrogen and oxygen atoms in total. The van der Waals surface area contributed by atoms with Gasteiger partial charge >= 0.3 is 0 Å².